The van der Waals surface area contributed by atoms with E-state index < -0.39 is 12.0 Å². The summed E-state index contributed by atoms with van der Waals surface area (Å²) in [6.07, 6.45) is -3.91. The van der Waals surface area contributed by atoms with Crippen molar-refractivity contribution in [2.75, 3.05) is 12.3 Å². The molecule has 0 aliphatic carbocycles. The van der Waals surface area contributed by atoms with Crippen LogP contribution in [0.5, 0.6) is 0 Å². The third kappa shape index (κ3) is 4.73. The molecule has 3 rings (SSSR count). The molecule has 0 fully saturated rings. The van der Waals surface area contributed by atoms with Gasteiger partial charge in [-0.3, -0.25) is 4.79 Å². The van der Waals surface area contributed by atoms with Gasteiger partial charge in [0.25, 0.3) is 0 Å². The van der Waals surface area contributed by atoms with Crippen molar-refractivity contribution in [1.29, 1.82) is 0 Å². The van der Waals surface area contributed by atoms with Gasteiger partial charge in [0.1, 0.15) is 5.03 Å². The van der Waals surface area contributed by atoms with Crippen molar-refractivity contribution in [3.8, 4) is 0 Å². The Morgan fingerprint density at radius 2 is 1.96 bits per heavy atom. The van der Waals surface area contributed by atoms with Gasteiger partial charge in [0.05, 0.1) is 11.3 Å². The molecule has 0 saturated heterocycles. The Morgan fingerprint density at radius 3 is 2.69 bits per heavy atom. The van der Waals surface area contributed by atoms with Crippen molar-refractivity contribution in [1.82, 2.24) is 15.3 Å². The van der Waals surface area contributed by atoms with Gasteiger partial charge in [-0.05, 0) is 23.9 Å². The highest BCUT2D eigenvalue weighted by atomic mass is 32.2. The molecule has 2 aromatic heterocycles. The molecule has 2 heterocycles. The van der Waals surface area contributed by atoms with E-state index in [1.165, 1.54) is 6.07 Å². The molecule has 0 aliphatic heterocycles. The van der Waals surface area contributed by atoms with E-state index in [9.17, 15) is 18.0 Å². The second-order valence-electron chi connectivity index (χ2n) is 5.34. The Morgan fingerprint density at radius 1 is 1.15 bits per heavy atom. The molecule has 0 aliphatic rings. The minimum atomic E-state index is -4.64. The minimum Gasteiger partial charge on any atom is -0.355 e. The van der Waals surface area contributed by atoms with Gasteiger partial charge in [-0.25, -0.2) is 9.97 Å². The van der Waals surface area contributed by atoms with Gasteiger partial charge in [0.15, 0.2) is 0 Å². The normalized spacial score (nSPS) is 11.7. The molecule has 0 spiro atoms. The number of alkyl halides is 3. The zero-order valence-electron chi connectivity index (χ0n) is 13.4. The molecule has 1 N–H and O–H groups in total. The lowest BCUT2D eigenvalue weighted by Gasteiger charge is -2.10. The molecule has 4 nitrogen and oxygen atoms in total. The molecular formula is C17H14F3N3OS2. The van der Waals surface area contributed by atoms with Gasteiger partial charge in [-0.2, -0.15) is 13.2 Å². The van der Waals surface area contributed by atoms with Crippen LogP contribution < -0.4 is 5.32 Å². The average Bonchev–Trinajstić information content (AvgIpc) is 3.12. The largest absolute Gasteiger partial charge is 0.451 e. The molecule has 3 aromatic rings. The van der Waals surface area contributed by atoms with Crippen LogP contribution in [0.15, 0.2) is 46.8 Å². The summed E-state index contributed by atoms with van der Waals surface area (Å²) < 4.78 is 38.9. The standard InChI is InChI=1S/C17H14F3N3OS2/c18-17(19,20)16-22-13-6-2-1-5-12(13)15(23-16)26-10-14(24)21-8-7-11-4-3-9-25-11/h1-6,9H,7-8,10H2,(H,21,24). The van der Waals surface area contributed by atoms with Crippen LogP contribution in [0.3, 0.4) is 0 Å². The van der Waals surface area contributed by atoms with Crippen LogP contribution in [0.4, 0.5) is 13.2 Å². The molecule has 1 amide bonds. The lowest BCUT2D eigenvalue weighted by Crippen LogP contribution is -2.27. The number of thiophene rings is 1. The van der Waals surface area contributed by atoms with Crippen LogP contribution in [-0.2, 0) is 17.4 Å². The van der Waals surface area contributed by atoms with Crippen LogP contribution in [-0.4, -0.2) is 28.2 Å². The van der Waals surface area contributed by atoms with Crippen LogP contribution in [0, 0.1) is 0 Å². The number of carbonyl (C=O) groups excluding carboxylic acids is 1. The van der Waals surface area contributed by atoms with Gasteiger partial charge in [0.2, 0.25) is 11.7 Å². The molecule has 1 aromatic carbocycles. The second-order valence-corrected chi connectivity index (χ2v) is 7.33. The maximum absolute atomic E-state index is 13.0. The average molecular weight is 397 g/mol. The van der Waals surface area contributed by atoms with Crippen molar-refractivity contribution in [3.63, 3.8) is 0 Å². The number of thioether (sulfide) groups is 1. The highest BCUT2D eigenvalue weighted by Gasteiger charge is 2.35. The fraction of sp³-hybridized carbons (Fsp3) is 0.235. The van der Waals surface area contributed by atoms with Crippen molar-refractivity contribution in [2.24, 2.45) is 0 Å². The maximum atomic E-state index is 13.0. The molecular weight excluding hydrogens is 383 g/mol. The summed E-state index contributed by atoms with van der Waals surface area (Å²) in [4.78, 5) is 20.3. The number of benzene rings is 1. The second kappa shape index (κ2) is 8.05. The fourth-order valence-electron chi connectivity index (χ4n) is 2.25. The first kappa shape index (κ1) is 18.7. The molecule has 0 radical (unpaired) electrons. The molecule has 9 heteroatoms. The number of hydrogen-bond donors (Lipinski definition) is 1. The van der Waals surface area contributed by atoms with E-state index in [-0.39, 0.29) is 22.2 Å². The third-order valence-corrected chi connectivity index (χ3v) is 5.36. The number of halogens is 3. The van der Waals surface area contributed by atoms with Crippen LogP contribution in [0.25, 0.3) is 10.9 Å². The van der Waals surface area contributed by atoms with Gasteiger partial charge >= 0.3 is 6.18 Å². The quantitative estimate of drug-likeness (QED) is 0.501. The Hall–Kier alpha value is -2.13. The van der Waals surface area contributed by atoms with E-state index in [1.807, 2.05) is 17.5 Å². The Balaban J connectivity index is 1.66. The van der Waals surface area contributed by atoms with E-state index in [0.717, 1.165) is 23.1 Å². The molecule has 26 heavy (non-hydrogen) atoms. The van der Waals surface area contributed by atoms with Crippen LogP contribution in [0.1, 0.15) is 10.7 Å². The monoisotopic (exact) mass is 397 g/mol. The van der Waals surface area contributed by atoms with Gasteiger partial charge in [-0.15, -0.1) is 11.3 Å². The van der Waals surface area contributed by atoms with E-state index in [4.69, 9.17) is 0 Å². The number of rotatable bonds is 6. The smallest absolute Gasteiger partial charge is 0.355 e. The van der Waals surface area contributed by atoms with Crippen molar-refractivity contribution >= 4 is 39.9 Å². The Kier molecular flexibility index (Phi) is 5.77. The summed E-state index contributed by atoms with van der Waals surface area (Å²) >= 11 is 2.59. The summed E-state index contributed by atoms with van der Waals surface area (Å²) in [5, 5.41) is 5.38. The molecule has 0 unspecified atom stereocenters. The first-order valence-corrected chi connectivity index (χ1v) is 9.56. The summed E-state index contributed by atoms with van der Waals surface area (Å²) in [5.74, 6) is -1.46. The molecule has 0 saturated carbocycles. The zero-order chi connectivity index (χ0) is 18.6. The molecule has 0 bridgehead atoms. The number of nitrogens with zero attached hydrogens (tertiary/aromatic N) is 2. The van der Waals surface area contributed by atoms with E-state index in [0.29, 0.717) is 11.9 Å². The van der Waals surface area contributed by atoms with Crippen molar-refractivity contribution in [3.05, 3.63) is 52.5 Å². The summed E-state index contributed by atoms with van der Waals surface area (Å²) in [6, 6.07) is 10.4. The minimum absolute atomic E-state index is 0.0112. The van der Waals surface area contributed by atoms with E-state index in [1.54, 1.807) is 29.5 Å². The number of aromatic nitrogens is 2. The van der Waals surface area contributed by atoms with Crippen molar-refractivity contribution in [2.45, 2.75) is 17.6 Å². The van der Waals surface area contributed by atoms with E-state index >= 15 is 0 Å². The third-order valence-electron chi connectivity index (χ3n) is 3.44. The van der Waals surface area contributed by atoms with Crippen LogP contribution in [0.2, 0.25) is 0 Å². The lowest BCUT2D eigenvalue weighted by atomic mass is 10.2. The Labute approximate surface area is 155 Å². The predicted octanol–water partition coefficient (Wildman–Crippen LogP) is 4.16. The lowest BCUT2D eigenvalue weighted by molar-refractivity contribution is -0.145. The molecule has 0 atom stereocenters. The first-order valence-electron chi connectivity index (χ1n) is 7.69. The van der Waals surface area contributed by atoms with E-state index in [2.05, 4.69) is 15.3 Å². The number of hydrogen-bond acceptors (Lipinski definition) is 5. The number of amides is 1. The number of carbonyl (C=O) groups is 1. The van der Waals surface area contributed by atoms with Gasteiger partial charge in [-0.1, -0.05) is 36.0 Å². The predicted molar refractivity (Wildman–Crippen MR) is 96.3 cm³/mol. The topological polar surface area (TPSA) is 54.9 Å². The van der Waals surface area contributed by atoms with Gasteiger partial charge < -0.3 is 5.32 Å². The maximum Gasteiger partial charge on any atom is 0.451 e. The summed E-state index contributed by atoms with van der Waals surface area (Å²) in [5.41, 5.74) is 0.204. The summed E-state index contributed by atoms with van der Waals surface area (Å²) in [7, 11) is 0. The van der Waals surface area contributed by atoms with Gasteiger partial charge in [0, 0.05) is 16.8 Å². The number of fused-ring (bicyclic) bond motifs is 1. The number of para-hydroxylation sites is 1. The highest BCUT2D eigenvalue weighted by Crippen LogP contribution is 2.31. The van der Waals surface area contributed by atoms with Crippen molar-refractivity contribution < 1.29 is 18.0 Å². The molecule has 136 valence electrons. The first-order chi connectivity index (χ1) is 12.4. The Bertz CT molecular complexity index is 898. The fourth-order valence-corrected chi connectivity index (χ4v) is 3.81. The highest BCUT2D eigenvalue weighted by molar-refractivity contribution is 8.00. The number of nitrogens with one attached hydrogen (secondary N) is 1. The zero-order valence-corrected chi connectivity index (χ0v) is 15.0. The van der Waals surface area contributed by atoms with Crippen LogP contribution >= 0.6 is 23.1 Å². The summed E-state index contributed by atoms with van der Waals surface area (Å²) in [6.45, 7) is 0.484. The SMILES string of the molecule is O=C(CSc1nc(C(F)(F)F)nc2ccccc12)NCCc1cccs1.